The lowest BCUT2D eigenvalue weighted by molar-refractivity contribution is -0.133. The van der Waals surface area contributed by atoms with Gasteiger partial charge in [0.15, 0.2) is 16.4 Å². The molecule has 29 heavy (non-hydrogen) atoms. The minimum absolute atomic E-state index is 0.00763. The third-order valence-electron chi connectivity index (χ3n) is 4.90. The summed E-state index contributed by atoms with van der Waals surface area (Å²) >= 11 is 0. The summed E-state index contributed by atoms with van der Waals surface area (Å²) in [5, 5.41) is 2.84. The fourth-order valence-electron chi connectivity index (χ4n) is 3.14. The van der Waals surface area contributed by atoms with E-state index in [2.05, 4.69) is 5.32 Å². The van der Waals surface area contributed by atoms with Crippen LogP contribution in [0.15, 0.2) is 54.6 Å². The Morgan fingerprint density at radius 1 is 1.14 bits per heavy atom. The predicted octanol–water partition coefficient (Wildman–Crippen LogP) is 1.64. The van der Waals surface area contributed by atoms with Gasteiger partial charge < -0.3 is 15.0 Å². The molecule has 0 unspecified atom stereocenters. The zero-order valence-corrected chi connectivity index (χ0v) is 17.0. The third-order valence-corrected chi connectivity index (χ3v) is 6.65. The van der Waals surface area contributed by atoms with E-state index in [1.807, 2.05) is 30.3 Å². The fraction of sp³-hybridized carbons (Fsp3) is 0.333. The van der Waals surface area contributed by atoms with Crippen molar-refractivity contribution in [2.45, 2.75) is 19.0 Å². The number of nitrogens with zero attached hydrogens (tertiary/aromatic N) is 1. The summed E-state index contributed by atoms with van der Waals surface area (Å²) in [6.45, 7) is 0.195. The van der Waals surface area contributed by atoms with Gasteiger partial charge >= 0.3 is 0 Å². The van der Waals surface area contributed by atoms with Crippen molar-refractivity contribution < 1.29 is 22.7 Å². The molecule has 2 aromatic rings. The molecule has 8 heteroatoms. The maximum atomic E-state index is 12.4. The highest BCUT2D eigenvalue weighted by Crippen LogP contribution is 2.18. The summed E-state index contributed by atoms with van der Waals surface area (Å²) in [7, 11) is -1.47. The number of ether oxygens (including phenoxy) is 1. The molecular weight excluding hydrogens is 392 g/mol. The van der Waals surface area contributed by atoms with E-state index in [-0.39, 0.29) is 36.0 Å². The summed E-state index contributed by atoms with van der Waals surface area (Å²) in [6, 6.07) is 15.9. The highest BCUT2D eigenvalue weighted by atomic mass is 32.2. The standard InChI is InChI=1S/C21H24N2O5S/c1-23(18-10-11-29(26,27)15-18)20(24)14-28-19-9-5-8-17(12-19)21(25)22-13-16-6-3-2-4-7-16/h2-9,12,18H,10-11,13-15H2,1H3,(H,22,25)/t18-/m1/s1. The van der Waals surface area contributed by atoms with Crippen molar-refractivity contribution in [2.75, 3.05) is 25.2 Å². The van der Waals surface area contributed by atoms with Gasteiger partial charge in [0.1, 0.15) is 5.75 Å². The number of nitrogens with one attached hydrogen (secondary N) is 1. The van der Waals surface area contributed by atoms with E-state index in [0.717, 1.165) is 5.56 Å². The number of carbonyl (C=O) groups excluding carboxylic acids is 2. The monoisotopic (exact) mass is 416 g/mol. The second kappa shape index (κ2) is 9.09. The minimum atomic E-state index is -3.06. The van der Waals surface area contributed by atoms with Crippen LogP contribution in [0, 0.1) is 0 Å². The molecule has 1 fully saturated rings. The molecule has 0 radical (unpaired) electrons. The van der Waals surface area contributed by atoms with Crippen LogP contribution in [0.4, 0.5) is 0 Å². The second-order valence-electron chi connectivity index (χ2n) is 7.05. The van der Waals surface area contributed by atoms with Gasteiger partial charge in [-0.1, -0.05) is 36.4 Å². The van der Waals surface area contributed by atoms with E-state index < -0.39 is 9.84 Å². The molecule has 1 atom stereocenters. The Labute approximate surface area is 170 Å². The Balaban J connectivity index is 1.52. The Hall–Kier alpha value is -2.87. The number of amides is 2. The van der Waals surface area contributed by atoms with Gasteiger partial charge in [-0.3, -0.25) is 9.59 Å². The van der Waals surface area contributed by atoms with Gasteiger partial charge in [0.25, 0.3) is 11.8 Å². The maximum absolute atomic E-state index is 12.4. The lowest BCUT2D eigenvalue weighted by Gasteiger charge is -2.23. The number of hydrogen-bond donors (Lipinski definition) is 1. The number of sulfone groups is 1. The van der Waals surface area contributed by atoms with Crippen molar-refractivity contribution >= 4 is 21.7 Å². The molecule has 0 bridgehead atoms. The highest BCUT2D eigenvalue weighted by Gasteiger charge is 2.32. The molecule has 3 rings (SSSR count). The maximum Gasteiger partial charge on any atom is 0.260 e. The number of likely N-dealkylation sites (N-methyl/N-ethyl adjacent to an activating group) is 1. The van der Waals surface area contributed by atoms with Crippen LogP contribution in [0.25, 0.3) is 0 Å². The van der Waals surface area contributed by atoms with E-state index in [1.165, 1.54) is 4.90 Å². The lowest BCUT2D eigenvalue weighted by Crippen LogP contribution is -2.40. The number of hydrogen-bond acceptors (Lipinski definition) is 5. The van der Waals surface area contributed by atoms with Gasteiger partial charge in [0, 0.05) is 25.2 Å². The van der Waals surface area contributed by atoms with E-state index >= 15 is 0 Å². The van der Waals surface area contributed by atoms with Crippen LogP contribution in [-0.2, 0) is 21.2 Å². The third kappa shape index (κ3) is 5.80. The molecule has 154 valence electrons. The van der Waals surface area contributed by atoms with Crippen LogP contribution in [0.2, 0.25) is 0 Å². The molecule has 0 aliphatic carbocycles. The zero-order valence-electron chi connectivity index (χ0n) is 16.2. The van der Waals surface area contributed by atoms with Crippen molar-refractivity contribution in [2.24, 2.45) is 0 Å². The molecule has 1 aliphatic heterocycles. The van der Waals surface area contributed by atoms with Gasteiger partial charge in [-0.2, -0.15) is 0 Å². The van der Waals surface area contributed by atoms with Gasteiger partial charge in [-0.25, -0.2) is 8.42 Å². The number of benzene rings is 2. The molecule has 1 saturated heterocycles. The second-order valence-corrected chi connectivity index (χ2v) is 9.28. The number of carbonyl (C=O) groups is 2. The molecule has 0 aromatic heterocycles. The lowest BCUT2D eigenvalue weighted by atomic mass is 10.2. The van der Waals surface area contributed by atoms with E-state index in [4.69, 9.17) is 4.74 Å². The first-order valence-corrected chi connectivity index (χ1v) is 11.2. The first-order chi connectivity index (χ1) is 13.8. The van der Waals surface area contributed by atoms with Gasteiger partial charge in [0.05, 0.1) is 11.5 Å². The zero-order chi connectivity index (χ0) is 20.9. The van der Waals surface area contributed by atoms with Crippen molar-refractivity contribution in [1.82, 2.24) is 10.2 Å². The molecule has 7 nitrogen and oxygen atoms in total. The predicted molar refractivity (Wildman–Crippen MR) is 109 cm³/mol. The Kier molecular flexibility index (Phi) is 6.53. The fourth-order valence-corrected chi connectivity index (χ4v) is 4.91. The number of rotatable bonds is 7. The van der Waals surface area contributed by atoms with Crippen LogP contribution >= 0.6 is 0 Å². The Morgan fingerprint density at radius 2 is 1.90 bits per heavy atom. The summed E-state index contributed by atoms with van der Waals surface area (Å²) < 4.78 is 28.7. The SMILES string of the molecule is CN(C(=O)COc1cccc(C(=O)NCc2ccccc2)c1)[C@@H]1CCS(=O)(=O)C1. The van der Waals surface area contributed by atoms with Gasteiger partial charge in [-0.05, 0) is 30.2 Å². The van der Waals surface area contributed by atoms with Gasteiger partial charge in [-0.15, -0.1) is 0 Å². The summed E-state index contributed by atoms with van der Waals surface area (Å²) in [5.74, 6) is -0.0362. The molecule has 1 heterocycles. The summed E-state index contributed by atoms with van der Waals surface area (Å²) in [6.07, 6.45) is 0.446. The summed E-state index contributed by atoms with van der Waals surface area (Å²) in [4.78, 5) is 26.1. The van der Waals surface area contributed by atoms with Crippen LogP contribution in [0.5, 0.6) is 5.75 Å². The quantitative estimate of drug-likeness (QED) is 0.741. The smallest absolute Gasteiger partial charge is 0.260 e. The molecule has 2 aromatic carbocycles. The normalized spacial score (nSPS) is 17.5. The van der Waals surface area contributed by atoms with Crippen LogP contribution in [0.1, 0.15) is 22.3 Å². The van der Waals surface area contributed by atoms with Crippen LogP contribution in [0.3, 0.4) is 0 Å². The highest BCUT2D eigenvalue weighted by molar-refractivity contribution is 7.91. The first kappa shape index (κ1) is 20.9. The van der Waals surface area contributed by atoms with Crippen molar-refractivity contribution in [3.63, 3.8) is 0 Å². The molecule has 1 N–H and O–H groups in total. The minimum Gasteiger partial charge on any atom is -0.484 e. The van der Waals surface area contributed by atoms with Gasteiger partial charge in [0.2, 0.25) is 0 Å². The Bertz CT molecular complexity index is 976. The summed E-state index contributed by atoms with van der Waals surface area (Å²) in [5.41, 5.74) is 1.43. The van der Waals surface area contributed by atoms with Crippen molar-refractivity contribution in [3.8, 4) is 5.75 Å². The first-order valence-electron chi connectivity index (χ1n) is 9.35. The topological polar surface area (TPSA) is 92.8 Å². The Morgan fingerprint density at radius 3 is 2.59 bits per heavy atom. The average molecular weight is 416 g/mol. The van der Waals surface area contributed by atoms with Crippen LogP contribution < -0.4 is 10.1 Å². The largest absolute Gasteiger partial charge is 0.484 e. The van der Waals surface area contributed by atoms with E-state index in [1.54, 1.807) is 31.3 Å². The molecule has 1 aliphatic rings. The molecular formula is C21H24N2O5S. The molecule has 2 amide bonds. The molecule has 0 spiro atoms. The van der Waals surface area contributed by atoms with E-state index in [0.29, 0.717) is 24.3 Å². The van der Waals surface area contributed by atoms with Crippen molar-refractivity contribution in [1.29, 1.82) is 0 Å². The average Bonchev–Trinajstić information content (AvgIpc) is 3.10. The van der Waals surface area contributed by atoms with E-state index in [9.17, 15) is 18.0 Å². The van der Waals surface area contributed by atoms with Crippen molar-refractivity contribution in [3.05, 3.63) is 65.7 Å². The van der Waals surface area contributed by atoms with Crippen LogP contribution in [-0.4, -0.2) is 56.3 Å². The molecule has 0 saturated carbocycles.